The number of nitrogens with one attached hydrogen (secondary N) is 1. The third kappa shape index (κ3) is 5.63. The summed E-state index contributed by atoms with van der Waals surface area (Å²) in [6.07, 6.45) is 1.33. The molecule has 0 fully saturated rings. The lowest BCUT2D eigenvalue weighted by Gasteiger charge is -2.23. The van der Waals surface area contributed by atoms with Gasteiger partial charge in [-0.05, 0) is 36.5 Å². The van der Waals surface area contributed by atoms with E-state index in [4.69, 9.17) is 5.11 Å². The molecule has 20 heavy (non-hydrogen) atoms. The molecule has 112 valence electrons. The van der Waals surface area contributed by atoms with Crippen molar-refractivity contribution in [2.75, 3.05) is 6.61 Å². The molecule has 1 amide bonds. The van der Waals surface area contributed by atoms with Crippen molar-refractivity contribution in [3.63, 3.8) is 0 Å². The number of rotatable bonds is 7. The Hall–Kier alpha value is -0.870. The van der Waals surface area contributed by atoms with E-state index in [1.165, 1.54) is 0 Å². The molecule has 2 N–H and O–H groups in total. The molecule has 3 nitrogen and oxygen atoms in total. The zero-order chi connectivity index (χ0) is 15.1. The number of aliphatic hydroxyl groups is 1. The molecule has 0 spiro atoms. The lowest BCUT2D eigenvalue weighted by atomic mass is 9.97. The van der Waals surface area contributed by atoms with Gasteiger partial charge in [0.1, 0.15) is 0 Å². The van der Waals surface area contributed by atoms with Crippen LogP contribution in [0.4, 0.5) is 0 Å². The maximum absolute atomic E-state index is 12.2. The van der Waals surface area contributed by atoms with Crippen molar-refractivity contribution < 1.29 is 9.90 Å². The van der Waals surface area contributed by atoms with E-state index in [2.05, 4.69) is 35.1 Å². The molecule has 1 rings (SSSR count). The summed E-state index contributed by atoms with van der Waals surface area (Å²) in [7, 11) is 0. The highest BCUT2D eigenvalue weighted by Crippen LogP contribution is 2.15. The summed E-state index contributed by atoms with van der Waals surface area (Å²) in [5.41, 5.74) is 1.15. The molecule has 1 aromatic rings. The van der Waals surface area contributed by atoms with E-state index in [1.807, 2.05) is 31.2 Å². The molecule has 1 aromatic carbocycles. The predicted octanol–water partition coefficient (Wildman–Crippen LogP) is 3.15. The first-order valence-corrected chi connectivity index (χ1v) is 7.89. The fraction of sp³-hybridized carbons (Fsp3) is 0.562. The molecule has 0 saturated carbocycles. The Bertz CT molecular complexity index is 417. The molecule has 0 aliphatic rings. The molecule has 2 unspecified atom stereocenters. The SMILES string of the molecule is CC(Cc1ccc(Br)cc1)C(=O)NC(CCO)C(C)C. The Balaban J connectivity index is 2.55. The van der Waals surface area contributed by atoms with Gasteiger partial charge in [-0.25, -0.2) is 0 Å². The first kappa shape index (κ1) is 17.2. The minimum absolute atomic E-state index is 0.0415. The summed E-state index contributed by atoms with van der Waals surface area (Å²) in [5.74, 6) is 0.308. The highest BCUT2D eigenvalue weighted by molar-refractivity contribution is 9.10. The first-order chi connectivity index (χ1) is 9.43. The van der Waals surface area contributed by atoms with Crippen molar-refractivity contribution >= 4 is 21.8 Å². The Morgan fingerprint density at radius 3 is 2.35 bits per heavy atom. The van der Waals surface area contributed by atoms with Crippen LogP contribution in [-0.4, -0.2) is 23.7 Å². The van der Waals surface area contributed by atoms with Crippen LogP contribution in [0.2, 0.25) is 0 Å². The monoisotopic (exact) mass is 341 g/mol. The number of carbonyl (C=O) groups is 1. The predicted molar refractivity (Wildman–Crippen MR) is 85.5 cm³/mol. The number of hydrogen-bond donors (Lipinski definition) is 2. The second kappa shape index (κ2) is 8.42. The van der Waals surface area contributed by atoms with E-state index < -0.39 is 0 Å². The van der Waals surface area contributed by atoms with Crippen LogP contribution in [-0.2, 0) is 11.2 Å². The Morgan fingerprint density at radius 1 is 1.25 bits per heavy atom. The highest BCUT2D eigenvalue weighted by atomic mass is 79.9. The van der Waals surface area contributed by atoms with Gasteiger partial charge < -0.3 is 10.4 Å². The van der Waals surface area contributed by atoms with Crippen LogP contribution in [0.15, 0.2) is 28.7 Å². The van der Waals surface area contributed by atoms with Crippen molar-refractivity contribution in [1.29, 1.82) is 0 Å². The zero-order valence-electron chi connectivity index (χ0n) is 12.4. The van der Waals surface area contributed by atoms with Crippen LogP contribution < -0.4 is 5.32 Å². The van der Waals surface area contributed by atoms with Crippen molar-refractivity contribution in [2.24, 2.45) is 11.8 Å². The average Bonchev–Trinajstić information content (AvgIpc) is 2.40. The molecule has 0 aliphatic heterocycles. The summed E-state index contributed by atoms with van der Waals surface area (Å²) < 4.78 is 1.04. The van der Waals surface area contributed by atoms with E-state index in [0.717, 1.165) is 16.5 Å². The van der Waals surface area contributed by atoms with Gasteiger partial charge in [-0.15, -0.1) is 0 Å². The molecule has 0 saturated heterocycles. The summed E-state index contributed by atoms with van der Waals surface area (Å²) in [6, 6.07) is 8.08. The zero-order valence-corrected chi connectivity index (χ0v) is 14.0. The minimum atomic E-state index is -0.0730. The van der Waals surface area contributed by atoms with Crippen LogP contribution in [0.25, 0.3) is 0 Å². The minimum Gasteiger partial charge on any atom is -0.396 e. The third-order valence-electron chi connectivity index (χ3n) is 3.48. The molecule has 0 bridgehead atoms. The van der Waals surface area contributed by atoms with Gasteiger partial charge in [0.2, 0.25) is 5.91 Å². The highest BCUT2D eigenvalue weighted by Gasteiger charge is 2.19. The van der Waals surface area contributed by atoms with E-state index in [-0.39, 0.29) is 24.5 Å². The number of aliphatic hydroxyl groups excluding tert-OH is 1. The quantitative estimate of drug-likeness (QED) is 0.800. The van der Waals surface area contributed by atoms with Gasteiger partial charge in [0.05, 0.1) is 0 Å². The van der Waals surface area contributed by atoms with Crippen LogP contribution in [0, 0.1) is 11.8 Å². The summed E-state index contributed by atoms with van der Waals surface area (Å²) in [5, 5.41) is 12.1. The van der Waals surface area contributed by atoms with Crippen molar-refractivity contribution in [3.05, 3.63) is 34.3 Å². The van der Waals surface area contributed by atoms with E-state index >= 15 is 0 Å². The maximum Gasteiger partial charge on any atom is 0.223 e. The Morgan fingerprint density at radius 2 is 1.85 bits per heavy atom. The molecular weight excluding hydrogens is 318 g/mol. The molecule has 4 heteroatoms. The third-order valence-corrected chi connectivity index (χ3v) is 4.00. The Kier molecular flexibility index (Phi) is 7.24. The molecule has 0 aliphatic carbocycles. The molecule has 0 heterocycles. The van der Waals surface area contributed by atoms with Gasteiger partial charge in [0, 0.05) is 23.0 Å². The van der Waals surface area contributed by atoms with Crippen LogP contribution in [0.1, 0.15) is 32.8 Å². The Labute approximate surface area is 129 Å². The van der Waals surface area contributed by atoms with E-state index in [0.29, 0.717) is 12.3 Å². The summed E-state index contributed by atoms with van der Waals surface area (Å²) in [4.78, 5) is 12.2. The second-order valence-electron chi connectivity index (χ2n) is 5.60. The smallest absolute Gasteiger partial charge is 0.223 e. The van der Waals surface area contributed by atoms with Gasteiger partial charge in [0.25, 0.3) is 0 Å². The fourth-order valence-electron chi connectivity index (χ4n) is 2.10. The van der Waals surface area contributed by atoms with Crippen LogP contribution >= 0.6 is 15.9 Å². The molecule has 0 aromatic heterocycles. The fourth-order valence-corrected chi connectivity index (χ4v) is 2.37. The van der Waals surface area contributed by atoms with E-state index in [9.17, 15) is 4.79 Å². The number of hydrogen-bond acceptors (Lipinski definition) is 2. The largest absolute Gasteiger partial charge is 0.396 e. The van der Waals surface area contributed by atoms with E-state index in [1.54, 1.807) is 0 Å². The summed E-state index contributed by atoms with van der Waals surface area (Å²) >= 11 is 3.40. The van der Waals surface area contributed by atoms with Gasteiger partial charge in [-0.2, -0.15) is 0 Å². The molecule has 0 radical (unpaired) electrons. The maximum atomic E-state index is 12.2. The van der Waals surface area contributed by atoms with Gasteiger partial charge in [-0.3, -0.25) is 4.79 Å². The van der Waals surface area contributed by atoms with Crippen molar-refractivity contribution in [1.82, 2.24) is 5.32 Å². The first-order valence-electron chi connectivity index (χ1n) is 7.09. The average molecular weight is 342 g/mol. The molecular formula is C16H24BrNO2. The van der Waals surface area contributed by atoms with Crippen LogP contribution in [0.5, 0.6) is 0 Å². The van der Waals surface area contributed by atoms with Crippen LogP contribution in [0.3, 0.4) is 0 Å². The van der Waals surface area contributed by atoms with Crippen molar-refractivity contribution in [3.8, 4) is 0 Å². The van der Waals surface area contributed by atoms with Crippen molar-refractivity contribution in [2.45, 2.75) is 39.7 Å². The lowest BCUT2D eigenvalue weighted by Crippen LogP contribution is -2.42. The molecule has 2 atom stereocenters. The number of amides is 1. The number of benzene rings is 1. The normalized spacial score (nSPS) is 14.1. The number of carbonyl (C=O) groups excluding carboxylic acids is 1. The van der Waals surface area contributed by atoms with Gasteiger partial charge in [0.15, 0.2) is 0 Å². The van der Waals surface area contributed by atoms with Gasteiger partial charge in [-0.1, -0.05) is 48.8 Å². The van der Waals surface area contributed by atoms with Gasteiger partial charge >= 0.3 is 0 Å². The topological polar surface area (TPSA) is 49.3 Å². The number of halogens is 1. The summed E-state index contributed by atoms with van der Waals surface area (Å²) in [6.45, 7) is 6.15. The second-order valence-corrected chi connectivity index (χ2v) is 6.52. The standard InChI is InChI=1S/C16H24BrNO2/c1-11(2)15(8-9-19)18-16(20)12(3)10-13-4-6-14(17)7-5-13/h4-7,11-12,15,19H,8-10H2,1-3H3,(H,18,20). The lowest BCUT2D eigenvalue weighted by molar-refractivity contribution is -0.125.